The van der Waals surface area contributed by atoms with Gasteiger partial charge in [-0.3, -0.25) is 14.3 Å². The zero-order chi connectivity index (χ0) is 13.2. The van der Waals surface area contributed by atoms with E-state index in [4.69, 9.17) is 0 Å². The summed E-state index contributed by atoms with van der Waals surface area (Å²) in [6, 6.07) is 6.84. The second-order valence-corrected chi connectivity index (χ2v) is 4.08. The molecule has 1 N–H and O–H groups in total. The summed E-state index contributed by atoms with van der Waals surface area (Å²) in [5.41, 5.74) is 0.705. The minimum atomic E-state index is -0.442. The molecule has 6 heteroatoms. The molecule has 0 amide bonds. The smallest absolute Gasteiger partial charge is 0.305 e. The standard InChI is InChI=1S/C13H10N4O2/c18-12-11-10(2-1-5-15-11)16-13(19)17(12)8-9-3-6-14-7-4-9/h1-7H,8H2,(H,16,19). The summed E-state index contributed by atoms with van der Waals surface area (Å²) in [6.45, 7) is 0.198. The summed E-state index contributed by atoms with van der Waals surface area (Å²) < 4.78 is 1.13. The van der Waals surface area contributed by atoms with Crippen LogP contribution in [0.4, 0.5) is 0 Å². The van der Waals surface area contributed by atoms with Gasteiger partial charge in [-0.15, -0.1) is 0 Å². The van der Waals surface area contributed by atoms with Gasteiger partial charge in [0.1, 0.15) is 0 Å². The number of aromatic amines is 1. The van der Waals surface area contributed by atoms with Gasteiger partial charge in [0.05, 0.1) is 12.1 Å². The van der Waals surface area contributed by atoms with Crippen molar-refractivity contribution in [2.45, 2.75) is 6.54 Å². The van der Waals surface area contributed by atoms with Gasteiger partial charge in [0.25, 0.3) is 5.56 Å². The number of hydrogen-bond acceptors (Lipinski definition) is 4. The van der Waals surface area contributed by atoms with Crippen molar-refractivity contribution in [3.8, 4) is 0 Å². The molecule has 0 aliphatic carbocycles. The van der Waals surface area contributed by atoms with Gasteiger partial charge >= 0.3 is 5.69 Å². The Hall–Kier alpha value is -2.76. The van der Waals surface area contributed by atoms with Crippen LogP contribution in [0.25, 0.3) is 11.0 Å². The minimum Gasteiger partial charge on any atom is -0.305 e. The Morgan fingerprint density at radius 2 is 1.89 bits per heavy atom. The SMILES string of the molecule is O=c1[nH]c2cccnc2c(=O)n1Cc1ccncc1. The molecule has 0 aromatic carbocycles. The molecule has 94 valence electrons. The van der Waals surface area contributed by atoms with Crippen molar-refractivity contribution >= 4 is 11.0 Å². The predicted molar refractivity (Wildman–Crippen MR) is 70.0 cm³/mol. The Morgan fingerprint density at radius 3 is 2.68 bits per heavy atom. The lowest BCUT2D eigenvalue weighted by atomic mass is 10.2. The molecule has 19 heavy (non-hydrogen) atoms. The Morgan fingerprint density at radius 1 is 1.11 bits per heavy atom. The van der Waals surface area contributed by atoms with E-state index in [-0.39, 0.29) is 12.1 Å². The van der Waals surface area contributed by atoms with E-state index in [1.165, 1.54) is 6.20 Å². The molecule has 0 fully saturated rings. The molecule has 0 aliphatic heterocycles. The van der Waals surface area contributed by atoms with Gasteiger partial charge in [0, 0.05) is 18.6 Å². The van der Waals surface area contributed by atoms with Crippen LogP contribution in [0.2, 0.25) is 0 Å². The van der Waals surface area contributed by atoms with E-state index < -0.39 is 11.2 Å². The van der Waals surface area contributed by atoms with Crippen molar-refractivity contribution in [3.05, 3.63) is 69.3 Å². The van der Waals surface area contributed by atoms with Gasteiger partial charge in [0.15, 0.2) is 5.52 Å². The van der Waals surface area contributed by atoms with Crippen LogP contribution in [0.1, 0.15) is 5.56 Å². The minimum absolute atomic E-state index is 0.198. The van der Waals surface area contributed by atoms with Crippen LogP contribution in [0.5, 0.6) is 0 Å². The van der Waals surface area contributed by atoms with E-state index in [0.717, 1.165) is 10.1 Å². The lowest BCUT2D eigenvalue weighted by Crippen LogP contribution is -2.35. The molecule has 3 heterocycles. The molecule has 3 rings (SSSR count). The quantitative estimate of drug-likeness (QED) is 0.723. The molecule has 0 bridgehead atoms. The fourth-order valence-electron chi connectivity index (χ4n) is 1.89. The third-order valence-electron chi connectivity index (χ3n) is 2.83. The van der Waals surface area contributed by atoms with Crippen molar-refractivity contribution in [3.63, 3.8) is 0 Å². The lowest BCUT2D eigenvalue weighted by molar-refractivity contribution is 0.708. The average molecular weight is 254 g/mol. The second-order valence-electron chi connectivity index (χ2n) is 4.08. The van der Waals surface area contributed by atoms with Crippen molar-refractivity contribution in [2.24, 2.45) is 0 Å². The maximum Gasteiger partial charge on any atom is 0.329 e. The number of H-pyrrole nitrogens is 1. The van der Waals surface area contributed by atoms with E-state index in [2.05, 4.69) is 15.0 Å². The maximum absolute atomic E-state index is 12.2. The van der Waals surface area contributed by atoms with Crippen molar-refractivity contribution < 1.29 is 0 Å². The van der Waals surface area contributed by atoms with Crippen LogP contribution >= 0.6 is 0 Å². The van der Waals surface area contributed by atoms with Gasteiger partial charge < -0.3 is 4.98 Å². The number of pyridine rings is 2. The molecule has 0 saturated carbocycles. The highest BCUT2D eigenvalue weighted by molar-refractivity contribution is 5.71. The van der Waals surface area contributed by atoms with Crippen LogP contribution in [-0.4, -0.2) is 19.5 Å². The molecular weight excluding hydrogens is 244 g/mol. The molecule has 3 aromatic rings. The van der Waals surface area contributed by atoms with E-state index in [9.17, 15) is 9.59 Å². The van der Waals surface area contributed by atoms with Crippen LogP contribution in [-0.2, 0) is 6.54 Å². The summed E-state index contributed by atoms with van der Waals surface area (Å²) >= 11 is 0. The lowest BCUT2D eigenvalue weighted by Gasteiger charge is -2.05. The van der Waals surface area contributed by atoms with Crippen molar-refractivity contribution in [1.29, 1.82) is 0 Å². The number of fused-ring (bicyclic) bond motifs is 1. The van der Waals surface area contributed by atoms with Gasteiger partial charge in [-0.1, -0.05) is 0 Å². The summed E-state index contributed by atoms with van der Waals surface area (Å²) in [6.07, 6.45) is 4.76. The molecule has 0 radical (unpaired) electrons. The predicted octanol–water partition coefficient (Wildman–Crippen LogP) is 0.528. The van der Waals surface area contributed by atoms with Gasteiger partial charge in [-0.05, 0) is 29.8 Å². The summed E-state index contributed by atoms with van der Waals surface area (Å²) in [4.78, 5) is 34.7. The molecule has 6 nitrogen and oxygen atoms in total. The van der Waals surface area contributed by atoms with Gasteiger partial charge in [0.2, 0.25) is 0 Å². The Bertz CT molecular complexity index is 836. The molecule has 0 atom stereocenters. The zero-order valence-electron chi connectivity index (χ0n) is 9.91. The summed E-state index contributed by atoms with van der Waals surface area (Å²) in [5, 5.41) is 0. The molecule has 3 aromatic heterocycles. The number of hydrogen-bond donors (Lipinski definition) is 1. The first-order valence-electron chi connectivity index (χ1n) is 5.72. The molecule has 0 aliphatic rings. The first kappa shape index (κ1) is 11.3. The van der Waals surface area contributed by atoms with E-state index in [0.29, 0.717) is 5.52 Å². The number of nitrogens with zero attached hydrogens (tertiary/aromatic N) is 3. The van der Waals surface area contributed by atoms with Crippen LogP contribution < -0.4 is 11.2 Å². The maximum atomic E-state index is 12.2. The van der Waals surface area contributed by atoms with Crippen LogP contribution in [0.15, 0.2) is 52.4 Å². The Kier molecular flexibility index (Phi) is 2.68. The van der Waals surface area contributed by atoms with Crippen molar-refractivity contribution in [2.75, 3.05) is 0 Å². The average Bonchev–Trinajstić information content (AvgIpc) is 2.45. The first-order chi connectivity index (χ1) is 9.25. The Balaban J connectivity index is 2.19. The highest BCUT2D eigenvalue weighted by Crippen LogP contribution is 2.01. The molecule has 0 spiro atoms. The number of nitrogens with one attached hydrogen (secondary N) is 1. The monoisotopic (exact) mass is 254 g/mol. The van der Waals surface area contributed by atoms with Crippen molar-refractivity contribution in [1.82, 2.24) is 19.5 Å². The Labute approximate surface area is 107 Å². The van der Waals surface area contributed by atoms with Crippen LogP contribution in [0.3, 0.4) is 0 Å². The molecule has 0 unspecified atom stereocenters. The van der Waals surface area contributed by atoms with Gasteiger partial charge in [-0.2, -0.15) is 0 Å². The van der Waals surface area contributed by atoms with E-state index >= 15 is 0 Å². The van der Waals surface area contributed by atoms with E-state index in [1.807, 2.05) is 0 Å². The normalized spacial score (nSPS) is 10.7. The van der Waals surface area contributed by atoms with E-state index in [1.54, 1.807) is 36.7 Å². The largest absolute Gasteiger partial charge is 0.329 e. The summed E-state index contributed by atoms with van der Waals surface area (Å²) in [7, 11) is 0. The third kappa shape index (κ3) is 2.03. The number of rotatable bonds is 2. The third-order valence-corrected chi connectivity index (χ3v) is 2.83. The summed E-state index contributed by atoms with van der Waals surface area (Å²) in [5.74, 6) is 0. The fraction of sp³-hybridized carbons (Fsp3) is 0.0769. The fourth-order valence-corrected chi connectivity index (χ4v) is 1.89. The first-order valence-corrected chi connectivity index (χ1v) is 5.72. The van der Waals surface area contributed by atoms with Crippen LogP contribution in [0, 0.1) is 0 Å². The topological polar surface area (TPSA) is 80.6 Å². The highest BCUT2D eigenvalue weighted by atomic mass is 16.2. The molecular formula is C13H10N4O2. The molecule has 0 saturated heterocycles. The second kappa shape index (κ2) is 4.49. The highest BCUT2D eigenvalue weighted by Gasteiger charge is 2.08. The van der Waals surface area contributed by atoms with Gasteiger partial charge in [-0.25, -0.2) is 9.78 Å². The zero-order valence-corrected chi connectivity index (χ0v) is 9.91. The number of aromatic nitrogens is 4.